The molecular formula is C13H19NO3S. The molecule has 1 aromatic rings. The first-order valence-corrected chi connectivity index (χ1v) is 7.85. The van der Waals surface area contributed by atoms with Gasteiger partial charge in [0.25, 0.3) is 0 Å². The number of sulfonamides is 1. The Morgan fingerprint density at radius 2 is 2.00 bits per heavy atom. The first-order valence-electron chi connectivity index (χ1n) is 6.24. The molecule has 0 bridgehead atoms. The van der Waals surface area contributed by atoms with Crippen LogP contribution in [-0.4, -0.2) is 37.5 Å². The lowest BCUT2D eigenvalue weighted by molar-refractivity contribution is 0.259. The summed E-state index contributed by atoms with van der Waals surface area (Å²) in [5.74, 6) is 0.375. The third-order valence-electron chi connectivity index (χ3n) is 3.37. The standard InChI is InChI=1S/C13H19NO3S/c15-9-7-12-6-8-14(10-12)18(16,17)11-13-4-2-1-3-5-13/h1-5,12,15H,6-11H2. The van der Waals surface area contributed by atoms with E-state index in [1.165, 1.54) is 0 Å². The summed E-state index contributed by atoms with van der Waals surface area (Å²) in [6.07, 6.45) is 1.55. The number of aliphatic hydroxyl groups excluding tert-OH is 1. The second-order valence-electron chi connectivity index (χ2n) is 4.77. The van der Waals surface area contributed by atoms with Gasteiger partial charge in [-0.15, -0.1) is 0 Å². The average Bonchev–Trinajstić information content (AvgIpc) is 2.80. The maximum atomic E-state index is 12.2. The zero-order valence-corrected chi connectivity index (χ0v) is 11.1. The summed E-state index contributed by atoms with van der Waals surface area (Å²) in [5, 5.41) is 8.88. The van der Waals surface area contributed by atoms with Crippen molar-refractivity contribution in [3.05, 3.63) is 35.9 Å². The molecule has 1 heterocycles. The predicted octanol–water partition coefficient (Wildman–Crippen LogP) is 1.22. The highest BCUT2D eigenvalue weighted by Gasteiger charge is 2.30. The maximum absolute atomic E-state index is 12.2. The smallest absolute Gasteiger partial charge is 0.218 e. The van der Waals surface area contributed by atoms with Crippen LogP contribution in [0.25, 0.3) is 0 Å². The maximum Gasteiger partial charge on any atom is 0.218 e. The van der Waals surface area contributed by atoms with Gasteiger partial charge in [0.1, 0.15) is 0 Å². The minimum atomic E-state index is -3.21. The van der Waals surface area contributed by atoms with Gasteiger partial charge in [-0.25, -0.2) is 12.7 Å². The monoisotopic (exact) mass is 269 g/mol. The molecule has 0 saturated carbocycles. The summed E-state index contributed by atoms with van der Waals surface area (Å²) >= 11 is 0. The molecule has 0 radical (unpaired) electrons. The number of nitrogens with zero attached hydrogens (tertiary/aromatic N) is 1. The Morgan fingerprint density at radius 1 is 1.28 bits per heavy atom. The Balaban J connectivity index is 2.00. The fourth-order valence-electron chi connectivity index (χ4n) is 2.34. The molecule has 0 aromatic heterocycles. The van der Waals surface area contributed by atoms with E-state index >= 15 is 0 Å². The molecule has 2 rings (SSSR count). The SMILES string of the molecule is O=S(=O)(Cc1ccccc1)N1CCC(CCO)C1. The molecule has 1 atom stereocenters. The van der Waals surface area contributed by atoms with Crippen molar-refractivity contribution in [2.45, 2.75) is 18.6 Å². The van der Waals surface area contributed by atoms with Gasteiger partial charge in [-0.05, 0) is 24.3 Å². The summed E-state index contributed by atoms with van der Waals surface area (Å²) in [6.45, 7) is 1.27. The normalized spacial score (nSPS) is 21.3. The van der Waals surface area contributed by atoms with Gasteiger partial charge in [-0.1, -0.05) is 30.3 Å². The van der Waals surface area contributed by atoms with Crippen LogP contribution in [0.1, 0.15) is 18.4 Å². The molecule has 4 nitrogen and oxygen atoms in total. The van der Waals surface area contributed by atoms with E-state index in [9.17, 15) is 8.42 Å². The lowest BCUT2D eigenvalue weighted by Crippen LogP contribution is -2.30. The van der Waals surface area contributed by atoms with Crippen LogP contribution in [0.15, 0.2) is 30.3 Å². The largest absolute Gasteiger partial charge is 0.396 e. The zero-order valence-electron chi connectivity index (χ0n) is 10.3. The van der Waals surface area contributed by atoms with E-state index in [1.807, 2.05) is 30.3 Å². The van der Waals surface area contributed by atoms with Gasteiger partial charge in [-0.3, -0.25) is 0 Å². The second kappa shape index (κ2) is 5.82. The molecule has 1 aromatic carbocycles. The number of aliphatic hydroxyl groups is 1. The van der Waals surface area contributed by atoms with Gasteiger partial charge < -0.3 is 5.11 Å². The summed E-state index contributed by atoms with van der Waals surface area (Å²) in [5.41, 5.74) is 0.822. The summed E-state index contributed by atoms with van der Waals surface area (Å²) in [4.78, 5) is 0. The highest BCUT2D eigenvalue weighted by atomic mass is 32.2. The Labute approximate surface area is 108 Å². The topological polar surface area (TPSA) is 57.6 Å². The molecule has 100 valence electrons. The highest BCUT2D eigenvalue weighted by Crippen LogP contribution is 2.23. The summed E-state index contributed by atoms with van der Waals surface area (Å²) < 4.78 is 26.0. The molecular weight excluding hydrogens is 250 g/mol. The van der Waals surface area contributed by atoms with Gasteiger partial charge in [0, 0.05) is 19.7 Å². The molecule has 18 heavy (non-hydrogen) atoms. The Kier molecular flexibility index (Phi) is 4.37. The Morgan fingerprint density at radius 3 is 2.67 bits per heavy atom. The van der Waals surface area contributed by atoms with Crippen molar-refractivity contribution in [2.75, 3.05) is 19.7 Å². The van der Waals surface area contributed by atoms with E-state index in [2.05, 4.69) is 0 Å². The molecule has 0 amide bonds. The van der Waals surface area contributed by atoms with Crippen LogP contribution in [-0.2, 0) is 15.8 Å². The highest BCUT2D eigenvalue weighted by molar-refractivity contribution is 7.88. The van der Waals surface area contributed by atoms with Crippen LogP contribution in [0.5, 0.6) is 0 Å². The second-order valence-corrected chi connectivity index (χ2v) is 6.74. The van der Waals surface area contributed by atoms with Gasteiger partial charge in [0.15, 0.2) is 0 Å². The van der Waals surface area contributed by atoms with Gasteiger partial charge in [-0.2, -0.15) is 0 Å². The quantitative estimate of drug-likeness (QED) is 0.874. The van der Waals surface area contributed by atoms with Gasteiger partial charge in [0.2, 0.25) is 10.0 Å². The van der Waals surface area contributed by atoms with Gasteiger partial charge in [0.05, 0.1) is 5.75 Å². The van der Waals surface area contributed by atoms with E-state index in [0.29, 0.717) is 25.4 Å². The summed E-state index contributed by atoms with van der Waals surface area (Å²) in [7, 11) is -3.21. The lowest BCUT2D eigenvalue weighted by Gasteiger charge is -2.16. The molecule has 0 spiro atoms. The molecule has 1 saturated heterocycles. The number of hydrogen-bond acceptors (Lipinski definition) is 3. The zero-order chi connectivity index (χ0) is 13.0. The Bertz CT molecular complexity index is 472. The number of hydrogen-bond donors (Lipinski definition) is 1. The molecule has 1 aliphatic heterocycles. The minimum Gasteiger partial charge on any atom is -0.396 e. The van der Waals surface area contributed by atoms with E-state index in [-0.39, 0.29) is 12.4 Å². The van der Waals surface area contributed by atoms with Crippen molar-refractivity contribution in [1.29, 1.82) is 0 Å². The van der Waals surface area contributed by atoms with Crippen LogP contribution in [0.4, 0.5) is 0 Å². The van der Waals surface area contributed by atoms with Crippen molar-refractivity contribution in [2.24, 2.45) is 5.92 Å². The van der Waals surface area contributed by atoms with Crippen molar-refractivity contribution in [1.82, 2.24) is 4.31 Å². The van der Waals surface area contributed by atoms with Crippen LogP contribution in [0.3, 0.4) is 0 Å². The fraction of sp³-hybridized carbons (Fsp3) is 0.538. The molecule has 5 heteroatoms. The molecule has 1 N–H and O–H groups in total. The lowest BCUT2D eigenvalue weighted by atomic mass is 10.1. The number of benzene rings is 1. The van der Waals surface area contributed by atoms with E-state index in [0.717, 1.165) is 12.0 Å². The first-order chi connectivity index (χ1) is 8.62. The molecule has 0 aliphatic carbocycles. The minimum absolute atomic E-state index is 0.0691. The number of rotatable bonds is 5. The first kappa shape index (κ1) is 13.5. The molecule has 1 fully saturated rings. The van der Waals surface area contributed by atoms with Crippen LogP contribution in [0, 0.1) is 5.92 Å². The Hall–Kier alpha value is -0.910. The third kappa shape index (κ3) is 3.31. The predicted molar refractivity (Wildman–Crippen MR) is 70.4 cm³/mol. The van der Waals surface area contributed by atoms with Crippen LogP contribution >= 0.6 is 0 Å². The van der Waals surface area contributed by atoms with Crippen LogP contribution in [0.2, 0.25) is 0 Å². The average molecular weight is 269 g/mol. The van der Waals surface area contributed by atoms with Crippen LogP contribution < -0.4 is 0 Å². The molecule has 1 unspecified atom stereocenters. The molecule has 1 aliphatic rings. The van der Waals surface area contributed by atoms with E-state index in [1.54, 1.807) is 4.31 Å². The van der Waals surface area contributed by atoms with Gasteiger partial charge >= 0.3 is 0 Å². The van der Waals surface area contributed by atoms with Crippen molar-refractivity contribution in [3.63, 3.8) is 0 Å². The summed E-state index contributed by atoms with van der Waals surface area (Å²) in [6, 6.07) is 9.24. The van der Waals surface area contributed by atoms with Crippen molar-refractivity contribution in [3.8, 4) is 0 Å². The fourth-order valence-corrected chi connectivity index (χ4v) is 3.96. The van der Waals surface area contributed by atoms with E-state index in [4.69, 9.17) is 5.11 Å². The van der Waals surface area contributed by atoms with E-state index < -0.39 is 10.0 Å². The van der Waals surface area contributed by atoms with Crippen molar-refractivity contribution >= 4 is 10.0 Å². The van der Waals surface area contributed by atoms with Crippen molar-refractivity contribution < 1.29 is 13.5 Å². The third-order valence-corrected chi connectivity index (χ3v) is 5.19.